The highest BCUT2D eigenvalue weighted by molar-refractivity contribution is 6.10. The van der Waals surface area contributed by atoms with Crippen molar-refractivity contribution in [2.45, 2.75) is 25.6 Å². The fraction of sp³-hybridized carbons (Fsp3) is 0.600. The second kappa shape index (κ2) is 3.25. The van der Waals surface area contributed by atoms with Gasteiger partial charge in [-0.3, -0.25) is 9.59 Å². The summed E-state index contributed by atoms with van der Waals surface area (Å²) in [6.45, 7) is 3.69. The van der Waals surface area contributed by atoms with E-state index in [0.717, 1.165) is 0 Å². The topological polar surface area (TPSA) is 66.9 Å². The number of carbonyl (C=O) groups excluding carboxylic acids is 2. The van der Waals surface area contributed by atoms with Gasteiger partial charge in [0.2, 0.25) is 0 Å². The van der Waals surface area contributed by atoms with Gasteiger partial charge >= 0.3 is 0 Å². The lowest BCUT2D eigenvalue weighted by atomic mass is 9.68. The molecule has 0 amide bonds. The van der Waals surface area contributed by atoms with Gasteiger partial charge in [-0.15, -0.1) is 0 Å². The summed E-state index contributed by atoms with van der Waals surface area (Å²) in [6, 6.07) is 0. The largest absolute Gasteiger partial charge is 0.393 e. The number of ether oxygens (including phenoxy) is 1. The first-order valence-electron chi connectivity index (χ1n) is 6.75. The smallest absolute Gasteiger partial charge is 0.183 e. The van der Waals surface area contributed by atoms with Crippen LogP contribution in [0.3, 0.4) is 0 Å². The van der Waals surface area contributed by atoms with Crippen molar-refractivity contribution < 1.29 is 19.4 Å². The molecule has 1 heterocycles. The van der Waals surface area contributed by atoms with Crippen molar-refractivity contribution in [1.82, 2.24) is 0 Å². The molecule has 0 aromatic carbocycles. The quantitative estimate of drug-likeness (QED) is 0.555. The Morgan fingerprint density at radius 2 is 1.89 bits per heavy atom. The standard InChI is InChI=1S/C15H16O4/c1-6(2)9-7-3-4-8(9)11-10(7)12(17)14-15(5-16,19-14)13(11)18/h3-4,7-8,10-11,14,16H,5H2,1-2H3. The third-order valence-electron chi connectivity index (χ3n) is 5.22. The van der Waals surface area contributed by atoms with E-state index >= 15 is 0 Å². The predicted molar refractivity (Wildman–Crippen MR) is 66.2 cm³/mol. The molecule has 100 valence electrons. The van der Waals surface area contributed by atoms with E-state index in [9.17, 15) is 14.7 Å². The summed E-state index contributed by atoms with van der Waals surface area (Å²) in [5.74, 6) is -0.547. The van der Waals surface area contributed by atoms with E-state index in [-0.39, 0.29) is 41.8 Å². The van der Waals surface area contributed by atoms with Crippen LogP contribution in [0.15, 0.2) is 23.3 Å². The molecule has 0 spiro atoms. The third kappa shape index (κ3) is 1.09. The fourth-order valence-electron chi connectivity index (χ4n) is 4.40. The molecule has 6 atom stereocenters. The van der Waals surface area contributed by atoms with Crippen molar-refractivity contribution in [1.29, 1.82) is 0 Å². The van der Waals surface area contributed by atoms with Crippen molar-refractivity contribution in [2.24, 2.45) is 23.7 Å². The Labute approximate surface area is 111 Å². The monoisotopic (exact) mass is 260 g/mol. The van der Waals surface area contributed by atoms with Crippen molar-refractivity contribution in [3.63, 3.8) is 0 Å². The molecule has 0 aromatic heterocycles. The summed E-state index contributed by atoms with van der Waals surface area (Å²) < 4.78 is 5.30. The van der Waals surface area contributed by atoms with Crippen LogP contribution in [-0.4, -0.2) is 35.0 Å². The fourth-order valence-corrected chi connectivity index (χ4v) is 4.40. The Kier molecular flexibility index (Phi) is 1.97. The summed E-state index contributed by atoms with van der Waals surface area (Å²) in [5.41, 5.74) is 1.22. The Balaban J connectivity index is 1.85. The summed E-state index contributed by atoms with van der Waals surface area (Å²) in [6.07, 6.45) is 3.42. The highest BCUT2D eigenvalue weighted by Gasteiger charge is 2.75. The van der Waals surface area contributed by atoms with E-state index in [2.05, 4.69) is 6.08 Å². The van der Waals surface area contributed by atoms with E-state index in [1.807, 2.05) is 19.9 Å². The van der Waals surface area contributed by atoms with Gasteiger partial charge in [-0.1, -0.05) is 23.3 Å². The number of aliphatic hydroxyl groups is 1. The molecule has 4 nitrogen and oxygen atoms in total. The molecule has 2 saturated carbocycles. The molecular weight excluding hydrogens is 244 g/mol. The zero-order chi connectivity index (χ0) is 13.5. The third-order valence-corrected chi connectivity index (χ3v) is 5.22. The maximum atomic E-state index is 12.6. The van der Waals surface area contributed by atoms with Crippen LogP contribution in [0.2, 0.25) is 0 Å². The van der Waals surface area contributed by atoms with E-state index < -0.39 is 11.7 Å². The molecule has 0 aromatic rings. The van der Waals surface area contributed by atoms with Crippen LogP contribution in [-0.2, 0) is 14.3 Å². The first kappa shape index (κ1) is 11.6. The van der Waals surface area contributed by atoms with Gasteiger partial charge in [0, 0.05) is 23.7 Å². The molecule has 6 unspecified atom stereocenters. The van der Waals surface area contributed by atoms with Gasteiger partial charge in [-0.25, -0.2) is 0 Å². The number of aliphatic hydroxyl groups excluding tert-OH is 1. The molecule has 1 saturated heterocycles. The first-order valence-corrected chi connectivity index (χ1v) is 6.75. The lowest BCUT2D eigenvalue weighted by Crippen LogP contribution is -2.50. The molecule has 1 N–H and O–H groups in total. The highest BCUT2D eigenvalue weighted by Crippen LogP contribution is 2.61. The zero-order valence-corrected chi connectivity index (χ0v) is 10.9. The van der Waals surface area contributed by atoms with Crippen LogP contribution in [0.25, 0.3) is 0 Å². The second-order valence-corrected chi connectivity index (χ2v) is 6.26. The normalized spacial score (nSPS) is 49.4. The van der Waals surface area contributed by atoms with Gasteiger partial charge < -0.3 is 9.84 Å². The molecule has 0 radical (unpaired) electrons. The Morgan fingerprint density at radius 3 is 2.47 bits per heavy atom. The Hall–Kier alpha value is -1.26. The molecule has 2 bridgehead atoms. The number of carbonyl (C=O) groups is 2. The number of ketones is 2. The highest BCUT2D eigenvalue weighted by atomic mass is 16.6. The van der Waals surface area contributed by atoms with Gasteiger partial charge in [-0.05, 0) is 13.8 Å². The number of rotatable bonds is 1. The van der Waals surface area contributed by atoms with Gasteiger partial charge in [0.25, 0.3) is 0 Å². The van der Waals surface area contributed by atoms with Gasteiger partial charge in [0.05, 0.1) is 6.61 Å². The van der Waals surface area contributed by atoms with Crippen LogP contribution in [0.1, 0.15) is 13.8 Å². The minimum absolute atomic E-state index is 0.00856. The van der Waals surface area contributed by atoms with Gasteiger partial charge in [0.15, 0.2) is 23.3 Å². The van der Waals surface area contributed by atoms with E-state index in [1.165, 1.54) is 11.1 Å². The molecule has 4 aliphatic rings. The number of hydrogen-bond acceptors (Lipinski definition) is 4. The van der Waals surface area contributed by atoms with E-state index in [4.69, 9.17) is 4.74 Å². The van der Waals surface area contributed by atoms with Crippen molar-refractivity contribution in [3.8, 4) is 0 Å². The van der Waals surface area contributed by atoms with Gasteiger partial charge in [-0.2, -0.15) is 0 Å². The summed E-state index contributed by atoms with van der Waals surface area (Å²) in [4.78, 5) is 25.1. The maximum Gasteiger partial charge on any atom is 0.183 e. The lowest BCUT2D eigenvalue weighted by molar-refractivity contribution is -0.139. The van der Waals surface area contributed by atoms with Crippen LogP contribution >= 0.6 is 0 Å². The summed E-state index contributed by atoms with van der Waals surface area (Å²) in [5, 5.41) is 9.42. The molecule has 1 aliphatic heterocycles. The molecule has 4 rings (SSSR count). The van der Waals surface area contributed by atoms with Crippen LogP contribution in [0, 0.1) is 23.7 Å². The zero-order valence-electron chi connectivity index (χ0n) is 10.9. The average molecular weight is 260 g/mol. The van der Waals surface area contributed by atoms with Crippen LogP contribution < -0.4 is 0 Å². The van der Waals surface area contributed by atoms with Crippen molar-refractivity contribution in [2.75, 3.05) is 6.61 Å². The molecule has 3 fully saturated rings. The minimum atomic E-state index is -1.21. The minimum Gasteiger partial charge on any atom is -0.393 e. The SMILES string of the molecule is CC(C)=C1C2C=CC1C1C(=O)C3(CO)OC3C(=O)C21. The Bertz CT molecular complexity index is 569. The number of Topliss-reactive ketones (excluding diaryl/α,β-unsaturated/α-hetero) is 2. The number of allylic oxidation sites excluding steroid dienone is 4. The summed E-state index contributed by atoms with van der Waals surface area (Å²) in [7, 11) is 0. The van der Waals surface area contributed by atoms with Crippen LogP contribution in [0.4, 0.5) is 0 Å². The molecular formula is C15H16O4. The maximum absolute atomic E-state index is 12.6. The van der Waals surface area contributed by atoms with E-state index in [0.29, 0.717) is 0 Å². The number of hydrogen-bond donors (Lipinski definition) is 1. The van der Waals surface area contributed by atoms with Gasteiger partial charge in [0.1, 0.15) is 0 Å². The lowest BCUT2D eigenvalue weighted by Gasteiger charge is -2.30. The average Bonchev–Trinajstić information content (AvgIpc) is 2.88. The molecule has 19 heavy (non-hydrogen) atoms. The molecule has 3 aliphatic carbocycles. The van der Waals surface area contributed by atoms with Crippen LogP contribution in [0.5, 0.6) is 0 Å². The molecule has 4 heteroatoms. The van der Waals surface area contributed by atoms with E-state index in [1.54, 1.807) is 0 Å². The Morgan fingerprint density at radius 1 is 1.26 bits per heavy atom. The van der Waals surface area contributed by atoms with Crippen molar-refractivity contribution in [3.05, 3.63) is 23.3 Å². The van der Waals surface area contributed by atoms with Crippen molar-refractivity contribution >= 4 is 11.6 Å². The predicted octanol–water partition coefficient (Wildman–Crippen LogP) is 0.653. The first-order chi connectivity index (χ1) is 9.03. The second-order valence-electron chi connectivity index (χ2n) is 6.26. The number of fused-ring (bicyclic) bond motifs is 6. The summed E-state index contributed by atoms with van der Waals surface area (Å²) >= 11 is 0. The number of epoxide rings is 1.